The molecule has 104 valence electrons. The Bertz CT molecular complexity index is 626. The molecule has 1 unspecified atom stereocenters. The molecular formula is C15H13F2NO2. The van der Waals surface area contributed by atoms with Gasteiger partial charge in [0.25, 0.3) is 0 Å². The summed E-state index contributed by atoms with van der Waals surface area (Å²) < 4.78 is 26.8. The largest absolute Gasteiger partial charge is 0.478 e. The Kier molecular flexibility index (Phi) is 3.98. The summed E-state index contributed by atoms with van der Waals surface area (Å²) in [6.07, 6.45) is 0. The van der Waals surface area contributed by atoms with Crippen molar-refractivity contribution in [3.63, 3.8) is 0 Å². The van der Waals surface area contributed by atoms with Crippen molar-refractivity contribution in [3.8, 4) is 0 Å². The minimum Gasteiger partial charge on any atom is -0.478 e. The van der Waals surface area contributed by atoms with Crippen molar-refractivity contribution < 1.29 is 18.7 Å². The molecule has 0 bridgehead atoms. The first kappa shape index (κ1) is 14.0. The lowest BCUT2D eigenvalue weighted by Crippen LogP contribution is -2.09. The van der Waals surface area contributed by atoms with Crippen LogP contribution < -0.4 is 5.32 Å². The Labute approximate surface area is 114 Å². The van der Waals surface area contributed by atoms with Crippen LogP contribution in [0.3, 0.4) is 0 Å². The lowest BCUT2D eigenvalue weighted by molar-refractivity contribution is 0.0697. The molecule has 2 N–H and O–H groups in total. The van der Waals surface area contributed by atoms with Gasteiger partial charge in [0.1, 0.15) is 0 Å². The predicted molar refractivity (Wildman–Crippen MR) is 71.8 cm³/mol. The normalized spacial score (nSPS) is 11.9. The van der Waals surface area contributed by atoms with Crippen molar-refractivity contribution in [2.45, 2.75) is 13.0 Å². The Morgan fingerprint density at radius 2 is 1.80 bits per heavy atom. The number of halogens is 2. The molecule has 0 spiro atoms. The van der Waals surface area contributed by atoms with Crippen LogP contribution in [0, 0.1) is 11.6 Å². The van der Waals surface area contributed by atoms with E-state index < -0.39 is 23.6 Å². The summed E-state index contributed by atoms with van der Waals surface area (Å²) in [4.78, 5) is 10.7. The first-order valence-corrected chi connectivity index (χ1v) is 6.03. The molecule has 0 heterocycles. The van der Waals surface area contributed by atoms with Crippen LogP contribution in [0.1, 0.15) is 28.9 Å². The molecule has 20 heavy (non-hydrogen) atoms. The van der Waals surface area contributed by atoms with Crippen LogP contribution in [-0.2, 0) is 0 Å². The van der Waals surface area contributed by atoms with Gasteiger partial charge in [-0.3, -0.25) is 0 Å². The fourth-order valence-electron chi connectivity index (χ4n) is 1.89. The Hall–Kier alpha value is -2.43. The van der Waals surface area contributed by atoms with Crippen LogP contribution in [0.15, 0.2) is 42.5 Å². The second-order valence-electron chi connectivity index (χ2n) is 4.39. The van der Waals surface area contributed by atoms with Gasteiger partial charge >= 0.3 is 5.97 Å². The first-order chi connectivity index (χ1) is 9.49. The molecule has 0 aliphatic rings. The predicted octanol–water partition coefficient (Wildman–Crippen LogP) is 3.84. The maximum absolute atomic E-state index is 13.6. The molecule has 1 atom stereocenters. The quantitative estimate of drug-likeness (QED) is 0.892. The Balaban J connectivity index is 2.17. The summed E-state index contributed by atoms with van der Waals surface area (Å²) in [5, 5.41) is 11.8. The van der Waals surface area contributed by atoms with Gasteiger partial charge in [-0.05, 0) is 37.3 Å². The average Bonchev–Trinajstić information content (AvgIpc) is 2.42. The van der Waals surface area contributed by atoms with Crippen LogP contribution in [0.5, 0.6) is 0 Å². The van der Waals surface area contributed by atoms with Crippen LogP contribution in [0.2, 0.25) is 0 Å². The number of benzene rings is 2. The molecule has 5 heteroatoms. The number of carbonyl (C=O) groups is 1. The number of rotatable bonds is 4. The molecule has 0 amide bonds. The zero-order valence-corrected chi connectivity index (χ0v) is 10.7. The number of anilines is 1. The van der Waals surface area contributed by atoms with Crippen molar-refractivity contribution in [2.75, 3.05) is 5.32 Å². The minimum absolute atomic E-state index is 0.167. The van der Waals surface area contributed by atoms with Crippen molar-refractivity contribution in [1.29, 1.82) is 0 Å². The topological polar surface area (TPSA) is 49.3 Å². The van der Waals surface area contributed by atoms with E-state index in [4.69, 9.17) is 5.11 Å². The van der Waals surface area contributed by atoms with E-state index in [1.54, 1.807) is 19.1 Å². The zero-order valence-electron chi connectivity index (χ0n) is 10.7. The van der Waals surface area contributed by atoms with E-state index in [1.165, 1.54) is 24.3 Å². The number of hydrogen-bond donors (Lipinski definition) is 2. The zero-order chi connectivity index (χ0) is 14.7. The molecule has 0 fully saturated rings. The Morgan fingerprint density at radius 3 is 2.40 bits per heavy atom. The van der Waals surface area contributed by atoms with E-state index in [0.29, 0.717) is 5.69 Å². The number of carboxylic acids is 1. The van der Waals surface area contributed by atoms with Gasteiger partial charge in [0.05, 0.1) is 11.6 Å². The molecular weight excluding hydrogens is 264 g/mol. The van der Waals surface area contributed by atoms with E-state index in [1.807, 2.05) is 0 Å². The van der Waals surface area contributed by atoms with Gasteiger partial charge in [0, 0.05) is 11.3 Å². The maximum atomic E-state index is 13.6. The van der Waals surface area contributed by atoms with Crippen LogP contribution in [0.4, 0.5) is 14.5 Å². The SMILES string of the molecule is CC(Nc1ccc(C(=O)O)cc1)c1cccc(F)c1F. The van der Waals surface area contributed by atoms with E-state index in [-0.39, 0.29) is 11.1 Å². The highest BCUT2D eigenvalue weighted by Gasteiger charge is 2.14. The lowest BCUT2D eigenvalue weighted by atomic mass is 10.1. The van der Waals surface area contributed by atoms with E-state index in [2.05, 4.69) is 5.32 Å². The van der Waals surface area contributed by atoms with Gasteiger partial charge < -0.3 is 10.4 Å². The minimum atomic E-state index is -1.01. The van der Waals surface area contributed by atoms with E-state index in [0.717, 1.165) is 6.07 Å². The summed E-state index contributed by atoms with van der Waals surface area (Å²) in [6.45, 7) is 1.70. The number of carboxylic acid groups (broad SMARTS) is 1. The van der Waals surface area contributed by atoms with Crippen molar-refractivity contribution in [1.82, 2.24) is 0 Å². The van der Waals surface area contributed by atoms with Crippen molar-refractivity contribution in [3.05, 3.63) is 65.2 Å². The lowest BCUT2D eigenvalue weighted by Gasteiger charge is -2.16. The molecule has 2 rings (SSSR count). The molecule has 2 aromatic carbocycles. The van der Waals surface area contributed by atoms with Crippen LogP contribution >= 0.6 is 0 Å². The fraction of sp³-hybridized carbons (Fsp3) is 0.133. The standard InChI is InChI=1S/C15H13F2NO2/c1-9(12-3-2-4-13(16)14(12)17)18-11-7-5-10(6-8-11)15(19)20/h2-9,18H,1H3,(H,19,20). The second kappa shape index (κ2) is 5.69. The van der Waals surface area contributed by atoms with Gasteiger partial charge in [0.15, 0.2) is 11.6 Å². The number of aromatic carboxylic acids is 1. The molecule has 0 aliphatic carbocycles. The summed E-state index contributed by atoms with van der Waals surface area (Å²) in [5.74, 6) is -2.78. The van der Waals surface area contributed by atoms with Gasteiger partial charge in [-0.1, -0.05) is 12.1 Å². The highest BCUT2D eigenvalue weighted by molar-refractivity contribution is 5.88. The molecule has 3 nitrogen and oxygen atoms in total. The maximum Gasteiger partial charge on any atom is 0.335 e. The average molecular weight is 277 g/mol. The molecule has 0 saturated carbocycles. The van der Waals surface area contributed by atoms with Crippen LogP contribution in [-0.4, -0.2) is 11.1 Å². The third-order valence-electron chi connectivity index (χ3n) is 2.96. The fourth-order valence-corrected chi connectivity index (χ4v) is 1.89. The molecule has 0 aliphatic heterocycles. The summed E-state index contributed by atoms with van der Waals surface area (Å²) >= 11 is 0. The molecule has 0 aromatic heterocycles. The second-order valence-corrected chi connectivity index (χ2v) is 4.39. The first-order valence-electron chi connectivity index (χ1n) is 6.03. The van der Waals surface area contributed by atoms with E-state index in [9.17, 15) is 13.6 Å². The van der Waals surface area contributed by atoms with Gasteiger partial charge in [-0.25, -0.2) is 13.6 Å². The number of hydrogen-bond acceptors (Lipinski definition) is 2. The number of nitrogens with one attached hydrogen (secondary N) is 1. The molecule has 2 aromatic rings. The van der Waals surface area contributed by atoms with Crippen LogP contribution in [0.25, 0.3) is 0 Å². The molecule has 0 saturated heterocycles. The van der Waals surface area contributed by atoms with Gasteiger partial charge in [-0.2, -0.15) is 0 Å². The Morgan fingerprint density at radius 1 is 1.15 bits per heavy atom. The third kappa shape index (κ3) is 2.93. The van der Waals surface area contributed by atoms with Gasteiger partial charge in [-0.15, -0.1) is 0 Å². The van der Waals surface area contributed by atoms with Crippen molar-refractivity contribution >= 4 is 11.7 Å². The van der Waals surface area contributed by atoms with Crippen molar-refractivity contribution in [2.24, 2.45) is 0 Å². The monoisotopic (exact) mass is 277 g/mol. The highest BCUT2D eigenvalue weighted by atomic mass is 19.2. The third-order valence-corrected chi connectivity index (χ3v) is 2.96. The summed E-state index contributed by atoms with van der Waals surface area (Å²) in [7, 11) is 0. The highest BCUT2D eigenvalue weighted by Crippen LogP contribution is 2.23. The van der Waals surface area contributed by atoms with Gasteiger partial charge in [0.2, 0.25) is 0 Å². The summed E-state index contributed by atoms with van der Waals surface area (Å²) in [6, 6.07) is 9.61. The van der Waals surface area contributed by atoms with E-state index >= 15 is 0 Å². The smallest absolute Gasteiger partial charge is 0.335 e. The summed E-state index contributed by atoms with van der Waals surface area (Å²) in [5.41, 5.74) is 1.01. The molecule has 0 radical (unpaired) electrons.